The van der Waals surface area contributed by atoms with Gasteiger partial charge in [0.05, 0.1) is 11.9 Å². The number of carbonyl (C=O) groups excluding carboxylic acids is 2. The Bertz CT molecular complexity index is 1080. The summed E-state index contributed by atoms with van der Waals surface area (Å²) in [4.78, 5) is 28.0. The van der Waals surface area contributed by atoms with E-state index >= 15 is 0 Å². The number of halogens is 2. The minimum absolute atomic E-state index is 0.0795. The summed E-state index contributed by atoms with van der Waals surface area (Å²) < 4.78 is 27.0. The van der Waals surface area contributed by atoms with Gasteiger partial charge in [-0.3, -0.25) is 13.9 Å². The molecule has 0 aliphatic rings. The number of benzene rings is 2. The maximum atomic E-state index is 13.6. The Labute approximate surface area is 215 Å². The highest BCUT2D eigenvalue weighted by Crippen LogP contribution is 2.23. The molecule has 0 spiro atoms. The van der Waals surface area contributed by atoms with Gasteiger partial charge in [-0.25, -0.2) is 8.42 Å². The molecule has 0 saturated heterocycles. The average Bonchev–Trinajstić information content (AvgIpc) is 2.78. The van der Waals surface area contributed by atoms with Gasteiger partial charge in [-0.05, 0) is 48.7 Å². The summed E-state index contributed by atoms with van der Waals surface area (Å²) in [6, 6.07) is 13.0. The van der Waals surface area contributed by atoms with Crippen LogP contribution in [0.3, 0.4) is 0 Å². The van der Waals surface area contributed by atoms with E-state index in [1.165, 1.54) is 4.90 Å². The van der Waals surface area contributed by atoms with Gasteiger partial charge in [0.2, 0.25) is 21.8 Å². The molecular formula is C24H31BrClN3O4S. The van der Waals surface area contributed by atoms with E-state index in [4.69, 9.17) is 11.6 Å². The van der Waals surface area contributed by atoms with Crippen LogP contribution in [0.15, 0.2) is 53.0 Å². The fourth-order valence-corrected chi connectivity index (χ4v) is 4.77. The molecule has 2 amide bonds. The van der Waals surface area contributed by atoms with Crippen LogP contribution in [0.5, 0.6) is 0 Å². The molecule has 2 aromatic carbocycles. The third-order valence-corrected chi connectivity index (χ3v) is 7.35. The monoisotopic (exact) mass is 571 g/mol. The summed E-state index contributed by atoms with van der Waals surface area (Å²) in [6.07, 6.45) is 3.17. The molecule has 0 bridgehead atoms. The number of sulfonamides is 1. The lowest BCUT2D eigenvalue weighted by molar-refractivity contribution is -0.140. The van der Waals surface area contributed by atoms with Crippen LogP contribution in [0.25, 0.3) is 0 Å². The van der Waals surface area contributed by atoms with Gasteiger partial charge < -0.3 is 10.2 Å². The first-order valence-corrected chi connectivity index (χ1v) is 14.1. The number of carbonyl (C=O) groups is 2. The standard InChI is InChI=1S/C24H31BrClN3O4S/c1-4-6-15-27-24(31)22(5-2)28(16-18-9-7-8-10-21(18)26)23(30)17-29(34(3,32)33)20-13-11-19(25)12-14-20/h7-14,22H,4-6,15-17H2,1-3H3,(H,27,31)/t22-/m0/s1. The van der Waals surface area contributed by atoms with E-state index in [9.17, 15) is 18.0 Å². The van der Waals surface area contributed by atoms with Gasteiger partial charge in [0.25, 0.3) is 0 Å². The molecule has 0 fully saturated rings. The Hall–Kier alpha value is -2.10. The van der Waals surface area contributed by atoms with Crippen molar-refractivity contribution in [3.05, 3.63) is 63.6 Å². The number of rotatable bonds is 12. The van der Waals surface area contributed by atoms with Crippen molar-refractivity contribution in [2.24, 2.45) is 0 Å². The lowest BCUT2D eigenvalue weighted by Crippen LogP contribution is -2.52. The Balaban J connectivity index is 2.40. The largest absolute Gasteiger partial charge is 0.354 e. The predicted molar refractivity (Wildman–Crippen MR) is 140 cm³/mol. The summed E-state index contributed by atoms with van der Waals surface area (Å²) in [5, 5.41) is 3.36. The van der Waals surface area contributed by atoms with Crippen molar-refractivity contribution in [1.82, 2.24) is 10.2 Å². The molecule has 7 nitrogen and oxygen atoms in total. The maximum absolute atomic E-state index is 13.6. The molecule has 2 aromatic rings. The van der Waals surface area contributed by atoms with Crippen LogP contribution in [-0.2, 0) is 26.2 Å². The fourth-order valence-electron chi connectivity index (χ4n) is 3.46. The lowest BCUT2D eigenvalue weighted by Gasteiger charge is -2.33. The van der Waals surface area contributed by atoms with Gasteiger partial charge in [-0.1, -0.05) is 66.0 Å². The van der Waals surface area contributed by atoms with Crippen LogP contribution in [0.2, 0.25) is 5.02 Å². The molecule has 0 unspecified atom stereocenters. The Morgan fingerprint density at radius 3 is 2.29 bits per heavy atom. The van der Waals surface area contributed by atoms with Gasteiger partial charge in [0.1, 0.15) is 12.6 Å². The molecule has 0 aliphatic carbocycles. The molecule has 0 heterocycles. The van der Waals surface area contributed by atoms with Gasteiger partial charge in [0, 0.05) is 22.6 Å². The van der Waals surface area contributed by atoms with E-state index in [-0.39, 0.29) is 12.5 Å². The number of nitrogens with zero attached hydrogens (tertiary/aromatic N) is 2. The second-order valence-electron chi connectivity index (χ2n) is 7.93. The summed E-state index contributed by atoms with van der Waals surface area (Å²) in [6.45, 7) is 3.99. The van der Waals surface area contributed by atoms with Gasteiger partial charge in [-0.15, -0.1) is 0 Å². The minimum Gasteiger partial charge on any atom is -0.354 e. The van der Waals surface area contributed by atoms with E-state index in [0.717, 1.165) is 27.9 Å². The normalized spacial score (nSPS) is 12.1. The van der Waals surface area contributed by atoms with Crippen molar-refractivity contribution >= 4 is 55.1 Å². The van der Waals surface area contributed by atoms with Crippen molar-refractivity contribution in [3.63, 3.8) is 0 Å². The molecule has 0 aromatic heterocycles. The molecule has 10 heteroatoms. The number of anilines is 1. The first kappa shape index (κ1) is 28.1. The SMILES string of the molecule is CCCCNC(=O)[C@H](CC)N(Cc1ccccc1Cl)C(=O)CN(c1ccc(Br)cc1)S(C)(=O)=O. The summed E-state index contributed by atoms with van der Waals surface area (Å²) in [7, 11) is -3.77. The molecule has 34 heavy (non-hydrogen) atoms. The highest BCUT2D eigenvalue weighted by atomic mass is 79.9. The van der Waals surface area contributed by atoms with E-state index in [1.807, 2.05) is 13.8 Å². The number of unbranched alkanes of at least 4 members (excludes halogenated alkanes) is 1. The van der Waals surface area contributed by atoms with E-state index in [1.54, 1.807) is 48.5 Å². The molecule has 1 N–H and O–H groups in total. The molecule has 0 saturated carbocycles. The van der Waals surface area contributed by atoms with Crippen LogP contribution in [0, 0.1) is 0 Å². The highest BCUT2D eigenvalue weighted by Gasteiger charge is 2.31. The van der Waals surface area contributed by atoms with Gasteiger partial charge in [-0.2, -0.15) is 0 Å². The highest BCUT2D eigenvalue weighted by molar-refractivity contribution is 9.10. The Morgan fingerprint density at radius 1 is 1.09 bits per heavy atom. The second kappa shape index (κ2) is 13.1. The van der Waals surface area contributed by atoms with Crippen LogP contribution >= 0.6 is 27.5 Å². The van der Waals surface area contributed by atoms with Crippen molar-refractivity contribution in [1.29, 1.82) is 0 Å². The van der Waals surface area contributed by atoms with Crippen molar-refractivity contribution in [3.8, 4) is 0 Å². The third kappa shape index (κ3) is 7.99. The first-order valence-electron chi connectivity index (χ1n) is 11.1. The minimum atomic E-state index is -3.77. The number of hydrogen-bond acceptors (Lipinski definition) is 4. The van der Waals surface area contributed by atoms with Crippen LogP contribution in [0.1, 0.15) is 38.7 Å². The second-order valence-corrected chi connectivity index (χ2v) is 11.2. The van der Waals surface area contributed by atoms with E-state index in [0.29, 0.717) is 29.2 Å². The van der Waals surface area contributed by atoms with Gasteiger partial charge in [0.15, 0.2) is 0 Å². The average molecular weight is 573 g/mol. The molecular weight excluding hydrogens is 542 g/mol. The number of nitrogens with one attached hydrogen (secondary N) is 1. The molecule has 186 valence electrons. The summed E-state index contributed by atoms with van der Waals surface area (Å²) >= 11 is 9.68. The smallest absolute Gasteiger partial charge is 0.244 e. The Morgan fingerprint density at radius 2 is 1.74 bits per heavy atom. The van der Waals surface area contributed by atoms with Crippen molar-refractivity contribution in [2.75, 3.05) is 23.7 Å². The number of amides is 2. The quantitative estimate of drug-likeness (QED) is 0.377. The predicted octanol–water partition coefficient (Wildman–Crippen LogP) is 4.59. The fraction of sp³-hybridized carbons (Fsp3) is 0.417. The van der Waals surface area contributed by atoms with Crippen LogP contribution in [0.4, 0.5) is 5.69 Å². The van der Waals surface area contributed by atoms with E-state index < -0.39 is 28.5 Å². The first-order chi connectivity index (χ1) is 16.1. The lowest BCUT2D eigenvalue weighted by atomic mass is 10.1. The summed E-state index contributed by atoms with van der Waals surface area (Å²) in [5.74, 6) is -0.767. The third-order valence-electron chi connectivity index (χ3n) is 5.31. The van der Waals surface area contributed by atoms with Crippen LogP contribution < -0.4 is 9.62 Å². The van der Waals surface area contributed by atoms with Crippen LogP contribution in [-0.4, -0.2) is 50.5 Å². The molecule has 2 rings (SSSR count). The zero-order chi connectivity index (χ0) is 25.3. The summed E-state index contributed by atoms with van der Waals surface area (Å²) in [5.41, 5.74) is 1.03. The van der Waals surface area contributed by atoms with Crippen molar-refractivity contribution in [2.45, 2.75) is 45.7 Å². The molecule has 1 atom stereocenters. The maximum Gasteiger partial charge on any atom is 0.244 e. The molecule has 0 radical (unpaired) electrons. The van der Waals surface area contributed by atoms with Crippen molar-refractivity contribution < 1.29 is 18.0 Å². The topological polar surface area (TPSA) is 86.8 Å². The number of hydrogen-bond donors (Lipinski definition) is 1. The Kier molecular flexibility index (Phi) is 10.9. The van der Waals surface area contributed by atoms with Gasteiger partial charge >= 0.3 is 0 Å². The molecule has 0 aliphatic heterocycles. The zero-order valence-corrected chi connectivity index (χ0v) is 22.8. The van der Waals surface area contributed by atoms with E-state index in [2.05, 4.69) is 21.2 Å². The zero-order valence-electron chi connectivity index (χ0n) is 19.6.